The number of rotatable bonds is 15. The summed E-state index contributed by atoms with van der Waals surface area (Å²) < 4.78 is 0.640. The average molecular weight is 566 g/mol. The van der Waals surface area contributed by atoms with E-state index in [1.54, 1.807) is 20.8 Å². The minimum atomic E-state index is -0.772. The number of hydrogen-bond donors (Lipinski definition) is 4. The molecule has 3 atom stereocenters. The van der Waals surface area contributed by atoms with Crippen LogP contribution < -0.4 is 21.7 Å². The van der Waals surface area contributed by atoms with Crippen LogP contribution in [0.2, 0.25) is 0 Å². The number of carbonyl (C=O) groups is 5. The quantitative estimate of drug-likeness (QED) is 0.136. The number of primary amides is 1. The zero-order chi connectivity index (χ0) is 24.9. The second-order valence-corrected chi connectivity index (χ2v) is 10.1. The molecule has 0 saturated heterocycles. The average Bonchev–Trinajstić information content (AvgIpc) is 2.69. The predicted octanol–water partition coefficient (Wildman–Crippen LogP) is 2.24. The maximum Gasteiger partial charge on any atom is 0.312 e. The Kier molecular flexibility index (Phi) is 14.4. The molecule has 0 radical (unpaired) electrons. The van der Waals surface area contributed by atoms with E-state index in [0.29, 0.717) is 43.1 Å². The number of amides is 4. The Morgan fingerprint density at radius 2 is 1.56 bits per heavy atom. The van der Waals surface area contributed by atoms with Crippen molar-refractivity contribution in [3.8, 4) is 0 Å². The molecule has 0 rings (SSSR count). The number of carbonyl (C=O) groups excluding carboxylic acids is 5. The van der Waals surface area contributed by atoms with Gasteiger partial charge in [-0.15, -0.1) is 0 Å². The molecule has 0 aromatic heterocycles. The van der Waals surface area contributed by atoms with E-state index in [2.05, 4.69) is 38.5 Å². The lowest BCUT2D eigenvalue weighted by Crippen LogP contribution is -2.55. The predicted molar refractivity (Wildman–Crippen MR) is 132 cm³/mol. The first-order chi connectivity index (χ1) is 14.8. The fourth-order valence-electron chi connectivity index (χ4n) is 3.03. The third kappa shape index (κ3) is 13.0. The Morgan fingerprint density at radius 3 is 2.06 bits per heavy atom. The maximum atomic E-state index is 13.1. The molecule has 0 heterocycles. The number of urea groups is 1. The molecule has 0 aliphatic heterocycles. The molecule has 32 heavy (non-hydrogen) atoms. The molecule has 0 spiro atoms. The van der Waals surface area contributed by atoms with Gasteiger partial charge in [-0.05, 0) is 38.5 Å². The van der Waals surface area contributed by atoms with Gasteiger partial charge in [0.2, 0.25) is 11.8 Å². The summed E-state index contributed by atoms with van der Waals surface area (Å²) in [6.07, 6.45) is 2.66. The van der Waals surface area contributed by atoms with Crippen molar-refractivity contribution < 1.29 is 24.0 Å². The third-order valence-corrected chi connectivity index (χ3v) is 6.32. The lowest BCUT2D eigenvalue weighted by molar-refractivity contribution is -0.135. The minimum Gasteiger partial charge on any atom is -0.352 e. The van der Waals surface area contributed by atoms with Crippen LogP contribution in [0.3, 0.4) is 0 Å². The van der Waals surface area contributed by atoms with Gasteiger partial charge < -0.3 is 26.5 Å². The lowest BCUT2D eigenvalue weighted by Gasteiger charge is -2.29. The Bertz CT molecular complexity index is 663. The lowest BCUT2D eigenvalue weighted by atomic mass is 9.84. The van der Waals surface area contributed by atoms with E-state index in [0.717, 1.165) is 0 Å². The van der Waals surface area contributed by atoms with Gasteiger partial charge in [0.05, 0.1) is 6.04 Å². The van der Waals surface area contributed by atoms with Crippen molar-refractivity contribution in [1.29, 1.82) is 0 Å². The zero-order valence-electron chi connectivity index (χ0n) is 19.9. The third-order valence-electron chi connectivity index (χ3n) is 4.94. The van der Waals surface area contributed by atoms with Crippen LogP contribution in [0, 0.1) is 11.3 Å². The van der Waals surface area contributed by atoms with E-state index in [4.69, 9.17) is 5.73 Å². The number of hydrogen-bond acceptors (Lipinski definition) is 5. The molecule has 10 heteroatoms. The fourth-order valence-corrected chi connectivity index (χ4v) is 3.54. The second kappa shape index (κ2) is 15.2. The zero-order valence-corrected chi connectivity index (χ0v) is 22.0. The van der Waals surface area contributed by atoms with Gasteiger partial charge in [-0.3, -0.25) is 14.4 Å². The minimum absolute atomic E-state index is 0.0850. The van der Waals surface area contributed by atoms with Crippen LogP contribution in [0.15, 0.2) is 0 Å². The summed E-state index contributed by atoms with van der Waals surface area (Å²) in [6.45, 7) is 9.02. The molecule has 4 amide bonds. The van der Waals surface area contributed by atoms with Crippen molar-refractivity contribution in [3.63, 3.8) is 0 Å². The van der Waals surface area contributed by atoms with Gasteiger partial charge in [-0.2, -0.15) is 0 Å². The van der Waals surface area contributed by atoms with Gasteiger partial charge in [0, 0.05) is 29.2 Å². The van der Waals surface area contributed by atoms with Crippen LogP contribution in [0.4, 0.5) is 4.79 Å². The largest absolute Gasteiger partial charge is 0.352 e. The normalized spacial score (nSPS) is 14.1. The summed E-state index contributed by atoms with van der Waals surface area (Å²) in [5.74, 6) is -0.840. The molecule has 0 aromatic carbocycles. The van der Waals surface area contributed by atoms with Crippen molar-refractivity contribution in [2.24, 2.45) is 17.1 Å². The molecular weight excluding hydrogens is 527 g/mol. The number of Topliss-reactive ketones (excluding diaryl/α,β-unsaturated/α-hetero) is 2. The SMILES string of the molecule is CC(=O)CCCCC(=O)N[C@H](C(=O)N[C@@H](CCCNC(N)=O)C(=O)C(C)(C)C)C(C)CI. The van der Waals surface area contributed by atoms with Crippen LogP contribution in [-0.4, -0.2) is 52.5 Å². The maximum absolute atomic E-state index is 13.1. The number of ketones is 2. The first-order valence-corrected chi connectivity index (χ1v) is 12.5. The summed E-state index contributed by atoms with van der Waals surface area (Å²) >= 11 is 2.16. The molecule has 0 aliphatic carbocycles. The van der Waals surface area contributed by atoms with Crippen molar-refractivity contribution in [1.82, 2.24) is 16.0 Å². The van der Waals surface area contributed by atoms with Crippen LogP contribution in [0.5, 0.6) is 0 Å². The second-order valence-electron chi connectivity index (χ2n) is 9.19. The van der Waals surface area contributed by atoms with Gasteiger partial charge in [0.25, 0.3) is 0 Å². The monoisotopic (exact) mass is 566 g/mol. The number of halogens is 1. The standard InChI is InChI=1S/C22H39IN4O5/c1-14(13-23)18(27-17(29)11-7-6-9-15(2)28)20(31)26-16(19(30)22(3,4)5)10-8-12-25-21(24)32/h14,16,18H,6-13H2,1-5H3,(H,26,31)(H,27,29)(H3,24,25,32)/t14?,16-,18-/m0/s1. The van der Waals surface area contributed by atoms with Gasteiger partial charge in [-0.1, -0.05) is 50.3 Å². The molecule has 184 valence electrons. The van der Waals surface area contributed by atoms with Gasteiger partial charge >= 0.3 is 6.03 Å². The number of unbranched alkanes of at least 4 members (excludes halogenated alkanes) is 1. The highest BCUT2D eigenvalue weighted by Crippen LogP contribution is 2.19. The summed E-state index contributed by atoms with van der Waals surface area (Å²) in [6, 6.07) is -2.16. The molecule has 0 fully saturated rings. The Hall–Kier alpha value is -1.72. The highest BCUT2D eigenvalue weighted by molar-refractivity contribution is 14.1. The highest BCUT2D eigenvalue weighted by Gasteiger charge is 2.33. The molecular formula is C22H39IN4O5. The van der Waals surface area contributed by atoms with Gasteiger partial charge in [0.1, 0.15) is 11.8 Å². The molecule has 5 N–H and O–H groups in total. The number of alkyl halides is 1. The van der Waals surface area contributed by atoms with E-state index < -0.39 is 29.4 Å². The fraction of sp³-hybridized carbons (Fsp3) is 0.773. The van der Waals surface area contributed by atoms with E-state index in [9.17, 15) is 24.0 Å². The van der Waals surface area contributed by atoms with E-state index in [1.807, 2.05) is 6.92 Å². The molecule has 0 aliphatic rings. The smallest absolute Gasteiger partial charge is 0.312 e. The van der Waals surface area contributed by atoms with Crippen LogP contribution >= 0.6 is 22.6 Å². The topological polar surface area (TPSA) is 147 Å². The van der Waals surface area contributed by atoms with Crippen LogP contribution in [0.25, 0.3) is 0 Å². The summed E-state index contributed by atoms with van der Waals surface area (Å²) in [5, 5.41) is 8.09. The Morgan fingerprint density at radius 1 is 0.969 bits per heavy atom. The first-order valence-electron chi connectivity index (χ1n) is 11.0. The molecule has 1 unspecified atom stereocenters. The van der Waals surface area contributed by atoms with E-state index >= 15 is 0 Å². The Labute approximate surface area is 204 Å². The number of nitrogens with two attached hydrogens (primary N) is 1. The van der Waals surface area contributed by atoms with Gasteiger partial charge in [-0.25, -0.2) is 4.79 Å². The van der Waals surface area contributed by atoms with Crippen molar-refractivity contribution in [2.45, 2.75) is 85.2 Å². The highest BCUT2D eigenvalue weighted by atomic mass is 127. The molecule has 0 aromatic rings. The van der Waals surface area contributed by atoms with Crippen molar-refractivity contribution in [2.75, 3.05) is 11.0 Å². The molecule has 9 nitrogen and oxygen atoms in total. The van der Waals surface area contributed by atoms with Crippen molar-refractivity contribution in [3.05, 3.63) is 0 Å². The Balaban J connectivity index is 5.17. The van der Waals surface area contributed by atoms with Crippen LogP contribution in [0.1, 0.15) is 73.1 Å². The van der Waals surface area contributed by atoms with Crippen LogP contribution in [-0.2, 0) is 19.2 Å². The summed E-state index contributed by atoms with van der Waals surface area (Å²) in [7, 11) is 0. The van der Waals surface area contributed by atoms with E-state index in [-0.39, 0.29) is 29.8 Å². The molecule has 0 bridgehead atoms. The van der Waals surface area contributed by atoms with Gasteiger partial charge in [0.15, 0.2) is 5.78 Å². The summed E-state index contributed by atoms with van der Waals surface area (Å²) in [5.41, 5.74) is 4.40. The first kappa shape index (κ1) is 30.3. The molecule has 0 saturated carbocycles. The van der Waals surface area contributed by atoms with E-state index in [1.165, 1.54) is 6.92 Å². The summed E-state index contributed by atoms with van der Waals surface area (Å²) in [4.78, 5) is 60.2. The number of nitrogens with one attached hydrogen (secondary N) is 3. The van der Waals surface area contributed by atoms with Crippen molar-refractivity contribution >= 4 is 52.0 Å².